The average Bonchev–Trinajstić information content (AvgIpc) is 3.10. The molecule has 0 bridgehead atoms. The van der Waals surface area contributed by atoms with E-state index in [2.05, 4.69) is 32.1 Å². The molecule has 0 N–H and O–H groups in total. The molecule has 2 fully saturated rings. The smallest absolute Gasteiger partial charge is 0.243 e. The van der Waals surface area contributed by atoms with Crippen molar-refractivity contribution in [3.63, 3.8) is 0 Å². The number of likely N-dealkylation sites (tertiary alicyclic amines) is 1. The molecule has 0 unspecified atom stereocenters. The summed E-state index contributed by atoms with van der Waals surface area (Å²) in [7, 11) is 0. The normalized spacial score (nSPS) is 24.5. The van der Waals surface area contributed by atoms with E-state index in [1.807, 2.05) is 6.92 Å². The Morgan fingerprint density at radius 1 is 1.09 bits per heavy atom. The van der Waals surface area contributed by atoms with Crippen molar-refractivity contribution >= 4 is 0 Å². The highest BCUT2D eigenvalue weighted by molar-refractivity contribution is 5.06. The Labute approximate surface area is 129 Å². The number of hydrogen-bond donors (Lipinski definition) is 0. The first-order chi connectivity index (χ1) is 10.7. The molecule has 3 heterocycles. The molecule has 2 aromatic heterocycles. The van der Waals surface area contributed by atoms with Gasteiger partial charge in [0, 0.05) is 18.4 Å². The van der Waals surface area contributed by atoms with Crippen molar-refractivity contribution in [2.24, 2.45) is 0 Å². The van der Waals surface area contributed by atoms with E-state index in [1.54, 1.807) is 0 Å². The van der Waals surface area contributed by atoms with Crippen molar-refractivity contribution in [2.45, 2.75) is 57.4 Å². The zero-order valence-corrected chi connectivity index (χ0v) is 13.0. The molecule has 1 saturated heterocycles. The Morgan fingerprint density at radius 2 is 1.95 bits per heavy atom. The van der Waals surface area contributed by atoms with Crippen LogP contribution in [0.15, 0.2) is 9.05 Å². The Bertz CT molecular complexity index is 648. The fourth-order valence-corrected chi connectivity index (χ4v) is 3.12. The molecule has 1 aliphatic carbocycles. The van der Waals surface area contributed by atoms with Crippen LogP contribution in [0.2, 0.25) is 0 Å². The molecule has 1 saturated carbocycles. The van der Waals surface area contributed by atoms with E-state index in [0.29, 0.717) is 23.6 Å². The van der Waals surface area contributed by atoms with Crippen molar-refractivity contribution in [1.82, 2.24) is 25.2 Å². The molecule has 7 heteroatoms. The third kappa shape index (κ3) is 2.65. The fourth-order valence-electron chi connectivity index (χ4n) is 3.12. The second kappa shape index (κ2) is 5.46. The molecule has 22 heavy (non-hydrogen) atoms. The predicted octanol–water partition coefficient (Wildman–Crippen LogP) is 2.58. The molecule has 0 amide bonds. The van der Waals surface area contributed by atoms with Gasteiger partial charge >= 0.3 is 0 Å². The molecule has 1 aliphatic heterocycles. The zero-order chi connectivity index (χ0) is 15.1. The highest BCUT2D eigenvalue weighted by Gasteiger charge is 2.33. The quantitative estimate of drug-likeness (QED) is 0.858. The monoisotopic (exact) mass is 303 g/mol. The van der Waals surface area contributed by atoms with Crippen molar-refractivity contribution in [3.8, 4) is 0 Å². The predicted molar refractivity (Wildman–Crippen MR) is 77.3 cm³/mol. The third-order valence-electron chi connectivity index (χ3n) is 4.65. The molecule has 0 spiro atoms. The summed E-state index contributed by atoms with van der Waals surface area (Å²) in [4.78, 5) is 11.3. The van der Waals surface area contributed by atoms with Gasteiger partial charge in [0.25, 0.3) is 0 Å². The summed E-state index contributed by atoms with van der Waals surface area (Å²) >= 11 is 0. The van der Waals surface area contributed by atoms with Gasteiger partial charge in [0.05, 0.1) is 6.04 Å². The van der Waals surface area contributed by atoms with Gasteiger partial charge < -0.3 is 9.05 Å². The second-order valence-corrected chi connectivity index (χ2v) is 6.45. The van der Waals surface area contributed by atoms with Gasteiger partial charge in [-0.05, 0) is 46.1 Å². The number of aromatic nitrogens is 4. The van der Waals surface area contributed by atoms with Gasteiger partial charge in [-0.25, -0.2) is 0 Å². The number of aryl methyl sites for hydroxylation is 1. The van der Waals surface area contributed by atoms with E-state index in [0.717, 1.165) is 37.6 Å². The van der Waals surface area contributed by atoms with E-state index in [-0.39, 0.29) is 6.04 Å². The second-order valence-electron chi connectivity index (χ2n) is 6.45. The molecule has 2 atom stereocenters. The van der Waals surface area contributed by atoms with Crippen LogP contribution in [-0.2, 0) is 0 Å². The van der Waals surface area contributed by atoms with E-state index in [9.17, 15) is 0 Å². The van der Waals surface area contributed by atoms with Gasteiger partial charge in [0.15, 0.2) is 11.6 Å². The maximum atomic E-state index is 5.40. The van der Waals surface area contributed by atoms with Crippen molar-refractivity contribution < 1.29 is 9.05 Å². The first kappa shape index (κ1) is 13.9. The summed E-state index contributed by atoms with van der Waals surface area (Å²) in [5.41, 5.74) is 0. The molecular weight excluding hydrogens is 282 g/mol. The summed E-state index contributed by atoms with van der Waals surface area (Å²) in [5.74, 6) is 3.90. The zero-order valence-electron chi connectivity index (χ0n) is 13.0. The van der Waals surface area contributed by atoms with Crippen LogP contribution in [0, 0.1) is 6.92 Å². The third-order valence-corrected chi connectivity index (χ3v) is 4.65. The molecule has 2 aromatic rings. The molecular formula is C15H21N5O2. The minimum atomic E-state index is 0.124. The van der Waals surface area contributed by atoms with Gasteiger partial charge in [-0.1, -0.05) is 10.3 Å². The highest BCUT2D eigenvalue weighted by Crippen LogP contribution is 2.40. The first-order valence-electron chi connectivity index (χ1n) is 8.08. The van der Waals surface area contributed by atoms with Crippen molar-refractivity contribution in [1.29, 1.82) is 0 Å². The van der Waals surface area contributed by atoms with Crippen LogP contribution >= 0.6 is 0 Å². The van der Waals surface area contributed by atoms with Gasteiger partial charge in [-0.3, -0.25) is 4.90 Å². The van der Waals surface area contributed by atoms with Crippen LogP contribution in [-0.4, -0.2) is 38.3 Å². The number of piperidine rings is 1. The van der Waals surface area contributed by atoms with Crippen LogP contribution in [0.4, 0.5) is 0 Å². The maximum Gasteiger partial charge on any atom is 0.243 e. The number of nitrogens with zero attached hydrogens (tertiary/aromatic N) is 5. The van der Waals surface area contributed by atoms with Crippen LogP contribution < -0.4 is 0 Å². The van der Waals surface area contributed by atoms with Gasteiger partial charge in [-0.2, -0.15) is 9.97 Å². The Kier molecular flexibility index (Phi) is 3.44. The van der Waals surface area contributed by atoms with E-state index in [4.69, 9.17) is 9.05 Å². The molecule has 0 aromatic carbocycles. The van der Waals surface area contributed by atoms with Crippen LogP contribution in [0.5, 0.6) is 0 Å². The van der Waals surface area contributed by atoms with Gasteiger partial charge in [-0.15, -0.1) is 0 Å². The molecule has 7 nitrogen and oxygen atoms in total. The lowest BCUT2D eigenvalue weighted by molar-refractivity contribution is 0.130. The van der Waals surface area contributed by atoms with Gasteiger partial charge in [0.2, 0.25) is 11.8 Å². The maximum absolute atomic E-state index is 5.40. The largest absolute Gasteiger partial charge is 0.339 e. The minimum absolute atomic E-state index is 0.124. The topological polar surface area (TPSA) is 81.1 Å². The minimum Gasteiger partial charge on any atom is -0.339 e. The lowest BCUT2D eigenvalue weighted by Gasteiger charge is -2.34. The first-order valence-corrected chi connectivity index (χ1v) is 8.08. The number of rotatable bonds is 4. The van der Waals surface area contributed by atoms with E-state index >= 15 is 0 Å². The average molecular weight is 303 g/mol. The van der Waals surface area contributed by atoms with Crippen LogP contribution in [0.1, 0.15) is 73.9 Å². The lowest BCUT2D eigenvalue weighted by atomic mass is 9.96. The Balaban J connectivity index is 1.46. The molecule has 0 radical (unpaired) electrons. The molecule has 118 valence electrons. The summed E-state index contributed by atoms with van der Waals surface area (Å²) in [6.07, 6.45) is 4.60. The van der Waals surface area contributed by atoms with Gasteiger partial charge in [0.1, 0.15) is 0 Å². The van der Waals surface area contributed by atoms with Crippen molar-refractivity contribution in [2.75, 3.05) is 13.1 Å². The Morgan fingerprint density at radius 3 is 2.68 bits per heavy atom. The van der Waals surface area contributed by atoms with Crippen molar-refractivity contribution in [3.05, 3.63) is 23.4 Å². The summed E-state index contributed by atoms with van der Waals surface area (Å²) < 4.78 is 10.7. The van der Waals surface area contributed by atoms with E-state index < -0.39 is 0 Å². The Hall–Kier alpha value is -1.76. The summed E-state index contributed by atoms with van der Waals surface area (Å²) in [5, 5.41) is 8.09. The van der Waals surface area contributed by atoms with Crippen LogP contribution in [0.25, 0.3) is 0 Å². The fraction of sp³-hybridized carbons (Fsp3) is 0.733. The molecule has 4 rings (SSSR count). The van der Waals surface area contributed by atoms with Crippen LogP contribution in [0.3, 0.4) is 0 Å². The highest BCUT2D eigenvalue weighted by atomic mass is 16.5. The summed E-state index contributed by atoms with van der Waals surface area (Å²) in [6.45, 7) is 5.90. The molecule has 2 aliphatic rings. The van der Waals surface area contributed by atoms with E-state index in [1.165, 1.54) is 12.8 Å². The number of hydrogen-bond acceptors (Lipinski definition) is 7. The summed E-state index contributed by atoms with van der Waals surface area (Å²) in [6, 6.07) is 0.124. The SMILES string of the molecule is Cc1noc([C@@H](C)N2CCC[C@H](c3noc(C4CC4)n3)C2)n1. The standard InChI is InChI=1S/C15H21N5O2/c1-9(14-16-10(2)18-21-14)20-7-3-4-12(8-20)13-17-15(22-19-13)11-5-6-11/h9,11-12H,3-8H2,1-2H3/t9-,12+/m1/s1. The lowest BCUT2D eigenvalue weighted by Crippen LogP contribution is -2.36.